The van der Waals surface area contributed by atoms with E-state index in [4.69, 9.17) is 13.7 Å². The Kier molecular flexibility index (Phi) is 10.5. The number of carbonyl (C=O) groups excluding carboxylic acids is 1. The Morgan fingerprint density at radius 3 is 2.28 bits per heavy atom. The minimum absolute atomic E-state index is 0.00783. The molecule has 0 spiro atoms. The summed E-state index contributed by atoms with van der Waals surface area (Å²) in [5.74, 6) is 1.37. The van der Waals surface area contributed by atoms with Crippen LogP contribution in [0, 0.1) is 6.92 Å². The van der Waals surface area contributed by atoms with E-state index in [9.17, 15) is 13.2 Å². The first-order chi connectivity index (χ1) is 15.2. The Morgan fingerprint density at radius 2 is 1.69 bits per heavy atom. The summed E-state index contributed by atoms with van der Waals surface area (Å²) in [7, 11) is -3.72. The lowest BCUT2D eigenvalue weighted by atomic mass is 10.2. The molecule has 1 amide bonds. The van der Waals surface area contributed by atoms with Crippen LogP contribution in [0.2, 0.25) is 0 Å². The minimum atomic E-state index is -3.95. The van der Waals surface area contributed by atoms with Gasteiger partial charge in [-0.25, -0.2) is 0 Å². The van der Waals surface area contributed by atoms with Gasteiger partial charge in [-0.15, -0.1) is 0 Å². The van der Waals surface area contributed by atoms with Gasteiger partial charge in [0.2, 0.25) is 5.91 Å². The fraction of sp³-hybridized carbons (Fsp3) is 0.435. The highest BCUT2D eigenvalue weighted by Gasteiger charge is 2.23. The molecule has 2 aromatic rings. The van der Waals surface area contributed by atoms with Gasteiger partial charge in [-0.2, -0.15) is 8.42 Å². The molecule has 0 aliphatic heterocycles. The molecule has 0 bridgehead atoms. The lowest BCUT2D eigenvalue weighted by Gasteiger charge is -2.18. The highest BCUT2D eigenvalue weighted by Crippen LogP contribution is 2.19. The zero-order valence-electron chi connectivity index (χ0n) is 19.0. The number of nitrogens with one attached hydrogen (secondary N) is 1. The minimum Gasteiger partial charge on any atom is -0.491 e. The SMILES string of the molecule is CCOCC(COc1ccc(NC(=O)CC[S+](C)C)cc1)OS(=O)(=O)c1ccc(C)cc1. The third-order valence-corrected chi connectivity index (χ3v) is 6.79. The van der Waals surface area contributed by atoms with Gasteiger partial charge in [0.05, 0.1) is 30.4 Å². The van der Waals surface area contributed by atoms with E-state index in [-0.39, 0.29) is 34.9 Å². The van der Waals surface area contributed by atoms with Crippen molar-refractivity contribution in [2.75, 3.05) is 43.4 Å². The summed E-state index contributed by atoms with van der Waals surface area (Å²) in [4.78, 5) is 12.0. The van der Waals surface area contributed by atoms with Crippen LogP contribution in [0.15, 0.2) is 53.4 Å². The molecule has 1 unspecified atom stereocenters. The van der Waals surface area contributed by atoms with Crippen LogP contribution in [0.25, 0.3) is 0 Å². The van der Waals surface area contributed by atoms with Gasteiger partial charge in [0.25, 0.3) is 10.1 Å². The monoisotopic (exact) mass is 482 g/mol. The topological polar surface area (TPSA) is 90.9 Å². The normalized spacial score (nSPS) is 12.5. The molecule has 32 heavy (non-hydrogen) atoms. The lowest BCUT2D eigenvalue weighted by Crippen LogP contribution is -2.30. The van der Waals surface area contributed by atoms with Crippen LogP contribution in [0.5, 0.6) is 5.75 Å². The number of aryl methyl sites for hydroxylation is 1. The van der Waals surface area contributed by atoms with Crippen molar-refractivity contribution < 1.29 is 26.9 Å². The molecule has 9 heteroatoms. The zero-order valence-corrected chi connectivity index (χ0v) is 20.6. The van der Waals surface area contributed by atoms with Crippen LogP contribution in [-0.4, -0.2) is 58.5 Å². The highest BCUT2D eigenvalue weighted by molar-refractivity contribution is 7.95. The second-order valence-electron chi connectivity index (χ2n) is 7.47. The predicted octanol–water partition coefficient (Wildman–Crippen LogP) is 3.39. The maximum absolute atomic E-state index is 12.6. The Morgan fingerprint density at radius 1 is 1.03 bits per heavy atom. The van der Waals surface area contributed by atoms with Crippen LogP contribution in [0.3, 0.4) is 0 Å². The number of benzene rings is 2. The van der Waals surface area contributed by atoms with Crippen LogP contribution in [0.1, 0.15) is 18.9 Å². The van der Waals surface area contributed by atoms with Crippen LogP contribution < -0.4 is 10.1 Å². The summed E-state index contributed by atoms with van der Waals surface area (Å²) in [6, 6.07) is 13.4. The molecule has 2 rings (SSSR count). The van der Waals surface area contributed by atoms with Crippen molar-refractivity contribution in [2.45, 2.75) is 31.3 Å². The number of anilines is 1. The zero-order chi connectivity index (χ0) is 23.6. The van der Waals surface area contributed by atoms with Gasteiger partial charge in [0.15, 0.2) is 0 Å². The fourth-order valence-corrected chi connectivity index (χ4v) is 4.28. The second kappa shape index (κ2) is 12.8. The van der Waals surface area contributed by atoms with Gasteiger partial charge in [-0.1, -0.05) is 17.7 Å². The summed E-state index contributed by atoms with van der Waals surface area (Å²) in [6.07, 6.45) is 3.89. The van der Waals surface area contributed by atoms with Gasteiger partial charge in [0.1, 0.15) is 24.2 Å². The summed E-state index contributed by atoms with van der Waals surface area (Å²) in [5, 5.41) is 2.86. The maximum atomic E-state index is 12.6. The van der Waals surface area contributed by atoms with Crippen molar-refractivity contribution in [3.05, 3.63) is 54.1 Å². The molecule has 0 saturated heterocycles. The number of amides is 1. The first-order valence-corrected chi connectivity index (χ1v) is 14.0. The Balaban J connectivity index is 1.95. The standard InChI is InChI=1S/C23H31NO6S2/c1-5-28-16-21(30-32(26,27)22-12-6-18(2)7-13-22)17-29-20-10-8-19(9-11-20)24-23(25)14-15-31(3)4/h6-13,21H,5,14-17H2,1-4H3/p+1. The van der Waals surface area contributed by atoms with Crippen molar-refractivity contribution in [3.8, 4) is 5.75 Å². The first-order valence-electron chi connectivity index (χ1n) is 10.3. The number of ether oxygens (including phenoxy) is 2. The molecule has 0 aliphatic carbocycles. The van der Waals surface area contributed by atoms with E-state index in [0.717, 1.165) is 11.3 Å². The fourth-order valence-electron chi connectivity index (χ4n) is 2.64. The molecule has 0 fully saturated rings. The molecular formula is C23H32NO6S2+. The van der Waals surface area contributed by atoms with Crippen molar-refractivity contribution in [1.82, 2.24) is 0 Å². The smallest absolute Gasteiger partial charge is 0.297 e. The third-order valence-electron chi connectivity index (χ3n) is 4.39. The van der Waals surface area contributed by atoms with Gasteiger partial charge in [-0.05, 0) is 61.1 Å². The highest BCUT2D eigenvalue weighted by atomic mass is 32.2. The molecule has 176 valence electrons. The van der Waals surface area contributed by atoms with Gasteiger partial charge in [0, 0.05) is 12.3 Å². The molecule has 7 nitrogen and oxygen atoms in total. The first kappa shape index (κ1) is 26.2. The third kappa shape index (κ3) is 9.20. The lowest BCUT2D eigenvalue weighted by molar-refractivity contribution is -0.115. The van der Waals surface area contributed by atoms with Crippen molar-refractivity contribution in [3.63, 3.8) is 0 Å². The van der Waals surface area contributed by atoms with E-state index >= 15 is 0 Å². The Bertz CT molecular complexity index is 943. The van der Waals surface area contributed by atoms with Crippen LogP contribution >= 0.6 is 0 Å². The average molecular weight is 483 g/mol. The number of rotatable bonds is 13. The van der Waals surface area contributed by atoms with Crippen molar-refractivity contribution in [1.29, 1.82) is 0 Å². The predicted molar refractivity (Wildman–Crippen MR) is 129 cm³/mol. The molecule has 0 saturated carbocycles. The van der Waals surface area contributed by atoms with E-state index in [2.05, 4.69) is 17.8 Å². The van der Waals surface area contributed by atoms with Crippen molar-refractivity contribution in [2.24, 2.45) is 0 Å². The molecular weight excluding hydrogens is 450 g/mol. The Labute approximate surface area is 193 Å². The maximum Gasteiger partial charge on any atom is 0.297 e. The second-order valence-corrected chi connectivity index (χ2v) is 11.4. The van der Waals surface area contributed by atoms with Gasteiger partial charge < -0.3 is 14.8 Å². The summed E-state index contributed by atoms with van der Waals surface area (Å²) >= 11 is 0. The van der Waals surface area contributed by atoms with Crippen LogP contribution in [0.4, 0.5) is 5.69 Å². The van der Waals surface area contributed by atoms with Gasteiger partial charge >= 0.3 is 0 Å². The van der Waals surface area contributed by atoms with E-state index in [1.165, 1.54) is 12.1 Å². The Hall–Kier alpha value is -2.07. The van der Waals surface area contributed by atoms with Crippen molar-refractivity contribution >= 4 is 32.6 Å². The molecule has 1 atom stereocenters. The molecule has 0 radical (unpaired) electrons. The summed E-state index contributed by atoms with van der Waals surface area (Å²) < 4.78 is 41.7. The van der Waals surface area contributed by atoms with E-state index in [1.54, 1.807) is 36.4 Å². The van der Waals surface area contributed by atoms with Gasteiger partial charge in [-0.3, -0.25) is 8.98 Å². The van der Waals surface area contributed by atoms with Crippen LogP contribution in [-0.2, 0) is 34.7 Å². The molecule has 0 aromatic heterocycles. The molecule has 1 N–H and O–H groups in total. The number of carbonyl (C=O) groups is 1. The molecule has 0 aliphatic rings. The van der Waals surface area contributed by atoms with E-state index in [0.29, 0.717) is 24.5 Å². The summed E-state index contributed by atoms with van der Waals surface area (Å²) in [6.45, 7) is 4.20. The number of hydrogen-bond donors (Lipinski definition) is 1. The van der Waals surface area contributed by atoms with E-state index < -0.39 is 16.2 Å². The largest absolute Gasteiger partial charge is 0.491 e. The quantitative estimate of drug-likeness (QED) is 0.348. The summed E-state index contributed by atoms with van der Waals surface area (Å²) in [5.41, 5.74) is 1.64. The van der Waals surface area contributed by atoms with E-state index in [1.807, 2.05) is 13.8 Å². The molecule has 0 heterocycles. The molecule has 2 aromatic carbocycles. The number of hydrogen-bond acceptors (Lipinski definition) is 6. The average Bonchev–Trinajstić information content (AvgIpc) is 2.75.